The first kappa shape index (κ1) is 16.1. The number of hydrogen-bond acceptors (Lipinski definition) is 6. The van der Waals surface area contributed by atoms with Gasteiger partial charge in [0, 0.05) is 36.7 Å². The van der Waals surface area contributed by atoms with Gasteiger partial charge in [0.1, 0.15) is 12.1 Å². The molecule has 0 radical (unpaired) electrons. The lowest BCUT2D eigenvalue weighted by Gasteiger charge is -2.25. The average molecular weight is 340 g/mol. The summed E-state index contributed by atoms with van der Waals surface area (Å²) in [7, 11) is 3.39. The fraction of sp³-hybridized carbons (Fsp3) is 0.474. The zero-order valence-corrected chi connectivity index (χ0v) is 14.8. The topological polar surface area (TPSA) is 59.5 Å². The average Bonchev–Trinajstić information content (AvgIpc) is 3.16. The van der Waals surface area contributed by atoms with Gasteiger partial charge in [-0.15, -0.1) is 0 Å². The number of methoxy groups -OCH3 is 2. The van der Waals surface area contributed by atoms with E-state index >= 15 is 0 Å². The van der Waals surface area contributed by atoms with Gasteiger partial charge in [-0.05, 0) is 25.5 Å². The van der Waals surface area contributed by atoms with E-state index in [0.29, 0.717) is 5.92 Å². The summed E-state index contributed by atoms with van der Waals surface area (Å²) in [4.78, 5) is 11.4. The van der Waals surface area contributed by atoms with Crippen molar-refractivity contribution in [3.8, 4) is 11.5 Å². The smallest absolute Gasteiger partial charge is 0.164 e. The number of para-hydroxylation sites is 1. The molecule has 6 nitrogen and oxygen atoms in total. The zero-order valence-electron chi connectivity index (χ0n) is 14.8. The first-order valence-electron chi connectivity index (χ1n) is 8.81. The van der Waals surface area contributed by atoms with Crippen LogP contribution in [0.5, 0.6) is 11.5 Å². The summed E-state index contributed by atoms with van der Waals surface area (Å²) in [6.07, 6.45) is 3.77. The van der Waals surface area contributed by atoms with E-state index in [-0.39, 0.29) is 0 Å². The van der Waals surface area contributed by atoms with E-state index in [1.807, 2.05) is 12.1 Å². The van der Waals surface area contributed by atoms with E-state index in [9.17, 15) is 0 Å². The summed E-state index contributed by atoms with van der Waals surface area (Å²) in [6, 6.07) is 6.13. The van der Waals surface area contributed by atoms with Crippen LogP contribution < -0.4 is 19.7 Å². The van der Waals surface area contributed by atoms with Gasteiger partial charge < -0.3 is 19.7 Å². The van der Waals surface area contributed by atoms with Crippen molar-refractivity contribution in [2.24, 2.45) is 0 Å². The molecule has 1 aromatic carbocycles. The van der Waals surface area contributed by atoms with E-state index < -0.39 is 0 Å². The van der Waals surface area contributed by atoms with Crippen LogP contribution in [0.1, 0.15) is 29.2 Å². The lowest BCUT2D eigenvalue weighted by Crippen LogP contribution is -2.29. The molecule has 0 spiro atoms. The highest BCUT2D eigenvalue weighted by atomic mass is 16.5. The van der Waals surface area contributed by atoms with Gasteiger partial charge in [-0.1, -0.05) is 12.1 Å². The first-order valence-corrected chi connectivity index (χ1v) is 8.81. The number of ether oxygens (including phenoxy) is 2. The number of hydrogen-bond donors (Lipinski definition) is 1. The lowest BCUT2D eigenvalue weighted by atomic mass is 9.97. The molecule has 0 saturated carbocycles. The molecule has 6 heteroatoms. The lowest BCUT2D eigenvalue weighted by molar-refractivity contribution is 0.350. The summed E-state index contributed by atoms with van der Waals surface area (Å²) in [5, 5.41) is 3.38. The van der Waals surface area contributed by atoms with E-state index in [2.05, 4.69) is 26.3 Å². The number of nitrogens with zero attached hydrogens (tertiary/aromatic N) is 3. The van der Waals surface area contributed by atoms with E-state index in [1.54, 1.807) is 20.5 Å². The van der Waals surface area contributed by atoms with Gasteiger partial charge in [-0.3, -0.25) is 0 Å². The molecular formula is C19H24N4O2. The molecular weight excluding hydrogens is 316 g/mol. The van der Waals surface area contributed by atoms with Gasteiger partial charge in [0.25, 0.3) is 0 Å². The van der Waals surface area contributed by atoms with Crippen LogP contribution >= 0.6 is 0 Å². The highest BCUT2D eigenvalue weighted by Crippen LogP contribution is 2.40. The minimum atomic E-state index is 0.414. The Balaban J connectivity index is 1.61. The third kappa shape index (κ3) is 2.91. The number of aromatic nitrogens is 2. The molecule has 1 atom stereocenters. The SMILES string of the molecule is COc1cccc(C2CCN(c3ncnc4c3CCNC4)C2)c1OC. The summed E-state index contributed by atoms with van der Waals surface area (Å²) in [5.74, 6) is 3.17. The maximum absolute atomic E-state index is 5.63. The largest absolute Gasteiger partial charge is 0.493 e. The summed E-state index contributed by atoms with van der Waals surface area (Å²) in [5.41, 5.74) is 3.66. The molecule has 1 fully saturated rings. The Labute approximate surface area is 148 Å². The predicted molar refractivity (Wildman–Crippen MR) is 96.6 cm³/mol. The summed E-state index contributed by atoms with van der Waals surface area (Å²) >= 11 is 0. The molecule has 2 aliphatic rings. The second-order valence-electron chi connectivity index (χ2n) is 6.56. The van der Waals surface area contributed by atoms with Gasteiger partial charge in [0.2, 0.25) is 0 Å². The van der Waals surface area contributed by atoms with E-state index in [0.717, 1.165) is 62.0 Å². The molecule has 25 heavy (non-hydrogen) atoms. The van der Waals surface area contributed by atoms with Crippen molar-refractivity contribution in [2.75, 3.05) is 38.8 Å². The van der Waals surface area contributed by atoms with Crippen LogP contribution in [0.15, 0.2) is 24.5 Å². The van der Waals surface area contributed by atoms with Crippen LogP contribution in [0.25, 0.3) is 0 Å². The Hall–Kier alpha value is -2.34. The number of benzene rings is 1. The Bertz CT molecular complexity index is 720. The van der Waals surface area contributed by atoms with Gasteiger partial charge in [0.05, 0.1) is 19.9 Å². The third-order valence-corrected chi connectivity index (χ3v) is 5.22. The first-order chi connectivity index (χ1) is 12.3. The molecule has 3 heterocycles. The van der Waals surface area contributed by atoms with Gasteiger partial charge in [-0.2, -0.15) is 0 Å². The molecule has 1 unspecified atom stereocenters. The van der Waals surface area contributed by atoms with Gasteiger partial charge in [0.15, 0.2) is 11.5 Å². The van der Waals surface area contributed by atoms with Crippen LogP contribution in [-0.4, -0.2) is 43.8 Å². The van der Waals surface area contributed by atoms with Crippen LogP contribution in [0.4, 0.5) is 5.82 Å². The number of fused-ring (bicyclic) bond motifs is 1. The molecule has 2 aliphatic heterocycles. The quantitative estimate of drug-likeness (QED) is 0.920. The van der Waals surface area contributed by atoms with Gasteiger partial charge in [-0.25, -0.2) is 9.97 Å². The van der Waals surface area contributed by atoms with Crippen LogP contribution in [0.3, 0.4) is 0 Å². The molecule has 1 saturated heterocycles. The van der Waals surface area contributed by atoms with Crippen LogP contribution in [-0.2, 0) is 13.0 Å². The molecule has 4 rings (SSSR count). The van der Waals surface area contributed by atoms with Crippen molar-refractivity contribution in [1.29, 1.82) is 0 Å². The van der Waals surface area contributed by atoms with Crippen molar-refractivity contribution < 1.29 is 9.47 Å². The second-order valence-corrected chi connectivity index (χ2v) is 6.56. The van der Waals surface area contributed by atoms with E-state index in [1.165, 1.54) is 11.1 Å². The summed E-state index contributed by atoms with van der Waals surface area (Å²) < 4.78 is 11.1. The molecule has 1 N–H and O–H groups in total. The Morgan fingerprint density at radius 1 is 1.20 bits per heavy atom. The number of rotatable bonds is 4. The normalized spacial score (nSPS) is 19.6. The maximum Gasteiger partial charge on any atom is 0.164 e. The minimum Gasteiger partial charge on any atom is -0.493 e. The fourth-order valence-electron chi connectivity index (χ4n) is 3.98. The molecule has 1 aromatic heterocycles. The molecule has 0 aliphatic carbocycles. The molecule has 0 amide bonds. The van der Waals surface area contributed by atoms with Gasteiger partial charge >= 0.3 is 0 Å². The molecule has 0 bridgehead atoms. The Morgan fingerprint density at radius 2 is 2.12 bits per heavy atom. The standard InChI is InChI=1S/C19H24N4O2/c1-24-17-5-3-4-14(18(17)25-2)13-7-9-23(11-13)19-15-6-8-20-10-16(15)21-12-22-19/h3-5,12-13,20H,6-11H2,1-2H3. The van der Waals surface area contributed by atoms with Crippen LogP contribution in [0.2, 0.25) is 0 Å². The molecule has 132 valence electrons. The highest BCUT2D eigenvalue weighted by molar-refractivity contribution is 5.53. The van der Waals surface area contributed by atoms with Crippen molar-refractivity contribution >= 4 is 5.82 Å². The summed E-state index contributed by atoms with van der Waals surface area (Å²) in [6.45, 7) is 3.78. The van der Waals surface area contributed by atoms with Crippen LogP contribution in [0, 0.1) is 0 Å². The number of anilines is 1. The van der Waals surface area contributed by atoms with Crippen molar-refractivity contribution in [3.63, 3.8) is 0 Å². The predicted octanol–water partition coefficient (Wildman–Crippen LogP) is 2.13. The van der Waals surface area contributed by atoms with Crippen molar-refractivity contribution in [3.05, 3.63) is 41.3 Å². The second kappa shape index (κ2) is 6.88. The monoisotopic (exact) mass is 340 g/mol. The minimum absolute atomic E-state index is 0.414. The fourth-order valence-corrected chi connectivity index (χ4v) is 3.98. The highest BCUT2D eigenvalue weighted by Gasteiger charge is 2.30. The Morgan fingerprint density at radius 3 is 2.96 bits per heavy atom. The van der Waals surface area contributed by atoms with E-state index in [4.69, 9.17) is 9.47 Å². The maximum atomic E-state index is 5.63. The Kier molecular flexibility index (Phi) is 4.44. The van der Waals surface area contributed by atoms with Crippen molar-refractivity contribution in [1.82, 2.24) is 15.3 Å². The zero-order chi connectivity index (χ0) is 17.2. The van der Waals surface area contributed by atoms with Crippen molar-refractivity contribution in [2.45, 2.75) is 25.3 Å². The third-order valence-electron chi connectivity index (χ3n) is 5.22. The number of nitrogens with one attached hydrogen (secondary N) is 1. The molecule has 2 aromatic rings.